The van der Waals surface area contributed by atoms with Crippen molar-refractivity contribution >= 4 is 27.8 Å². The van der Waals surface area contributed by atoms with Gasteiger partial charge in [0.05, 0.1) is 11.7 Å². The van der Waals surface area contributed by atoms with E-state index in [2.05, 4.69) is 20.3 Å². The molecule has 0 spiro atoms. The highest BCUT2D eigenvalue weighted by atomic mass is 32.2. The first-order valence-electron chi connectivity index (χ1n) is 12.9. The number of nitrogens with zero attached hydrogens (tertiary/aromatic N) is 1. The highest BCUT2D eigenvalue weighted by Gasteiger charge is 2.27. The van der Waals surface area contributed by atoms with Crippen molar-refractivity contribution in [2.75, 3.05) is 13.6 Å². The van der Waals surface area contributed by atoms with Gasteiger partial charge in [-0.25, -0.2) is 13.1 Å². The second-order valence-corrected chi connectivity index (χ2v) is 11.2. The van der Waals surface area contributed by atoms with Gasteiger partial charge >= 0.3 is 0 Å². The molecule has 0 aliphatic rings. The van der Waals surface area contributed by atoms with Gasteiger partial charge in [0.15, 0.2) is 5.96 Å². The molecule has 3 rings (SSSR count). The van der Waals surface area contributed by atoms with Crippen LogP contribution < -0.4 is 26.8 Å². The minimum Gasteiger partial charge on any atom is -0.370 e. The van der Waals surface area contributed by atoms with E-state index in [0.29, 0.717) is 24.9 Å². The third-order valence-electron chi connectivity index (χ3n) is 6.26. The van der Waals surface area contributed by atoms with Crippen LogP contribution in [0.4, 0.5) is 0 Å². The fourth-order valence-corrected chi connectivity index (χ4v) is 4.95. The van der Waals surface area contributed by atoms with Crippen LogP contribution >= 0.6 is 0 Å². The molecule has 212 valence electrons. The highest BCUT2D eigenvalue weighted by Crippen LogP contribution is 2.25. The molecule has 0 aliphatic carbocycles. The summed E-state index contributed by atoms with van der Waals surface area (Å²) < 4.78 is 25.9. The molecule has 0 saturated carbocycles. The summed E-state index contributed by atoms with van der Waals surface area (Å²) in [7, 11) is -2.01. The van der Waals surface area contributed by atoms with E-state index < -0.39 is 22.0 Å². The SMILES string of the molecule is CNS(=O)(=O)Cc1ccc(CNC(=O)[C@@H](CCCN=C(N)N)NC(=O)C(c2ccccc2)c2ccccc2)cc1. The zero-order valence-corrected chi connectivity index (χ0v) is 23.2. The maximum Gasteiger partial charge on any atom is 0.242 e. The van der Waals surface area contributed by atoms with Gasteiger partial charge in [0.25, 0.3) is 0 Å². The molecule has 2 amide bonds. The standard InChI is InChI=1S/C29H36N6O4S/c1-32-40(38,39)20-22-16-14-21(15-17-22)19-34-27(36)25(13-8-18-33-29(30)31)35-28(37)26(23-9-4-2-5-10-23)24-11-6-3-7-12-24/h2-7,9-12,14-17,25-26,32H,8,13,18-20H2,1H3,(H,34,36)(H,35,37)(H4,30,31,33)/t25-/m1/s1. The molecule has 10 nitrogen and oxygen atoms in total. The van der Waals surface area contributed by atoms with Crippen LogP contribution in [0.2, 0.25) is 0 Å². The normalized spacial score (nSPS) is 11.9. The third kappa shape index (κ3) is 9.51. The second-order valence-electron chi connectivity index (χ2n) is 9.26. The van der Waals surface area contributed by atoms with E-state index in [4.69, 9.17) is 11.5 Å². The zero-order chi connectivity index (χ0) is 29.0. The average molecular weight is 565 g/mol. The van der Waals surface area contributed by atoms with E-state index in [-0.39, 0.29) is 30.1 Å². The number of carbonyl (C=O) groups excluding carboxylic acids is 2. The number of amides is 2. The predicted molar refractivity (Wildman–Crippen MR) is 157 cm³/mol. The van der Waals surface area contributed by atoms with Gasteiger partial charge in [-0.15, -0.1) is 0 Å². The van der Waals surface area contributed by atoms with Crippen molar-refractivity contribution in [3.63, 3.8) is 0 Å². The van der Waals surface area contributed by atoms with E-state index in [9.17, 15) is 18.0 Å². The molecule has 3 aromatic carbocycles. The number of guanidine groups is 1. The first kappa shape index (κ1) is 30.3. The Kier molecular flexibility index (Phi) is 11.2. The maximum atomic E-state index is 13.6. The Hall–Kier alpha value is -4.22. The quantitative estimate of drug-likeness (QED) is 0.113. The molecule has 0 radical (unpaired) electrons. The molecular weight excluding hydrogens is 528 g/mol. The first-order chi connectivity index (χ1) is 19.2. The van der Waals surface area contributed by atoms with Crippen LogP contribution in [0.5, 0.6) is 0 Å². The van der Waals surface area contributed by atoms with Crippen LogP contribution in [0, 0.1) is 0 Å². The molecule has 0 heterocycles. The number of hydrogen-bond acceptors (Lipinski definition) is 5. The number of nitrogens with one attached hydrogen (secondary N) is 3. The van der Waals surface area contributed by atoms with Crippen LogP contribution in [0.25, 0.3) is 0 Å². The number of benzene rings is 3. The summed E-state index contributed by atoms with van der Waals surface area (Å²) in [6.45, 7) is 0.527. The Morgan fingerprint density at radius 1 is 0.825 bits per heavy atom. The number of nitrogens with two attached hydrogens (primary N) is 2. The summed E-state index contributed by atoms with van der Waals surface area (Å²) in [5.74, 6) is -1.42. The van der Waals surface area contributed by atoms with Crippen LogP contribution in [-0.4, -0.2) is 45.8 Å². The first-order valence-corrected chi connectivity index (χ1v) is 14.6. The van der Waals surface area contributed by atoms with Crippen molar-refractivity contribution in [2.24, 2.45) is 16.5 Å². The number of aliphatic imine (C=N–C) groups is 1. The minimum absolute atomic E-state index is 0.0378. The lowest BCUT2D eigenvalue weighted by Gasteiger charge is -2.23. The Morgan fingerprint density at radius 2 is 1.38 bits per heavy atom. The van der Waals surface area contributed by atoms with Crippen LogP contribution in [-0.2, 0) is 31.9 Å². The van der Waals surface area contributed by atoms with Gasteiger partial charge in [-0.1, -0.05) is 84.9 Å². The fraction of sp³-hybridized carbons (Fsp3) is 0.276. The Bertz CT molecular complexity index is 1340. The largest absolute Gasteiger partial charge is 0.370 e. The van der Waals surface area contributed by atoms with Gasteiger partial charge in [0.2, 0.25) is 21.8 Å². The molecule has 1 atom stereocenters. The maximum absolute atomic E-state index is 13.6. The summed E-state index contributed by atoms with van der Waals surface area (Å²) in [4.78, 5) is 30.9. The van der Waals surface area contributed by atoms with Gasteiger partial charge < -0.3 is 22.1 Å². The molecule has 40 heavy (non-hydrogen) atoms. The molecule has 0 aromatic heterocycles. The Morgan fingerprint density at radius 3 is 1.90 bits per heavy atom. The Balaban J connectivity index is 1.73. The Labute approximate surface area is 235 Å². The molecule has 11 heteroatoms. The average Bonchev–Trinajstić information content (AvgIpc) is 2.95. The molecule has 0 saturated heterocycles. The van der Waals surface area contributed by atoms with Crippen LogP contribution in [0.1, 0.15) is 41.0 Å². The van der Waals surface area contributed by atoms with Gasteiger partial charge in [-0.05, 0) is 42.1 Å². The number of sulfonamides is 1. The molecule has 0 unspecified atom stereocenters. The lowest BCUT2D eigenvalue weighted by Crippen LogP contribution is -2.48. The lowest BCUT2D eigenvalue weighted by molar-refractivity contribution is -0.129. The number of rotatable bonds is 14. The monoisotopic (exact) mass is 564 g/mol. The fourth-order valence-electron chi connectivity index (χ4n) is 4.17. The van der Waals surface area contributed by atoms with E-state index in [1.54, 1.807) is 24.3 Å². The van der Waals surface area contributed by atoms with Gasteiger partial charge in [-0.3, -0.25) is 14.6 Å². The van der Waals surface area contributed by atoms with Crippen molar-refractivity contribution < 1.29 is 18.0 Å². The molecule has 0 aliphatic heterocycles. The van der Waals surface area contributed by atoms with Crippen LogP contribution in [0.15, 0.2) is 89.9 Å². The molecular formula is C29H36N6O4S. The molecule has 0 fully saturated rings. The van der Waals surface area contributed by atoms with Crippen molar-refractivity contribution in [1.29, 1.82) is 0 Å². The topological polar surface area (TPSA) is 169 Å². The van der Waals surface area contributed by atoms with E-state index in [1.165, 1.54) is 7.05 Å². The minimum atomic E-state index is -3.38. The van der Waals surface area contributed by atoms with Crippen molar-refractivity contribution in [3.8, 4) is 0 Å². The highest BCUT2D eigenvalue weighted by molar-refractivity contribution is 7.88. The van der Waals surface area contributed by atoms with Gasteiger partial charge in [0, 0.05) is 13.1 Å². The summed E-state index contributed by atoms with van der Waals surface area (Å²) in [5, 5.41) is 5.83. The summed E-state index contributed by atoms with van der Waals surface area (Å²) in [6.07, 6.45) is 0.803. The molecule has 0 bridgehead atoms. The summed E-state index contributed by atoms with van der Waals surface area (Å²) in [5.41, 5.74) is 13.9. The van der Waals surface area contributed by atoms with Gasteiger partial charge in [0.1, 0.15) is 6.04 Å². The van der Waals surface area contributed by atoms with Crippen molar-refractivity contribution in [3.05, 3.63) is 107 Å². The third-order valence-corrected chi connectivity index (χ3v) is 7.60. The lowest BCUT2D eigenvalue weighted by atomic mass is 9.90. The van der Waals surface area contributed by atoms with E-state index in [0.717, 1.165) is 16.7 Å². The van der Waals surface area contributed by atoms with E-state index >= 15 is 0 Å². The predicted octanol–water partition coefficient (Wildman–Crippen LogP) is 1.72. The van der Waals surface area contributed by atoms with E-state index in [1.807, 2.05) is 60.7 Å². The summed E-state index contributed by atoms with van der Waals surface area (Å²) >= 11 is 0. The van der Waals surface area contributed by atoms with Crippen LogP contribution in [0.3, 0.4) is 0 Å². The number of hydrogen-bond donors (Lipinski definition) is 5. The smallest absolute Gasteiger partial charge is 0.242 e. The molecule has 7 N–H and O–H groups in total. The van der Waals surface area contributed by atoms with Gasteiger partial charge in [-0.2, -0.15) is 0 Å². The zero-order valence-electron chi connectivity index (χ0n) is 22.4. The van der Waals surface area contributed by atoms with Crippen molar-refractivity contribution in [1.82, 2.24) is 15.4 Å². The summed E-state index contributed by atoms with van der Waals surface area (Å²) in [6, 6.07) is 24.9. The number of carbonyl (C=O) groups is 2. The molecule has 3 aromatic rings. The van der Waals surface area contributed by atoms with Crippen molar-refractivity contribution in [2.45, 2.75) is 37.1 Å². The second kappa shape index (κ2) is 14.8.